The second kappa shape index (κ2) is 8.21. The summed E-state index contributed by atoms with van der Waals surface area (Å²) < 4.78 is 22.5. The van der Waals surface area contributed by atoms with E-state index in [1.807, 2.05) is 35.8 Å². The van der Waals surface area contributed by atoms with Crippen LogP contribution in [0.1, 0.15) is 35.1 Å². The van der Waals surface area contributed by atoms with E-state index in [1.54, 1.807) is 25.1 Å². The Morgan fingerprint density at radius 3 is 2.74 bits per heavy atom. The van der Waals surface area contributed by atoms with Crippen molar-refractivity contribution >= 4 is 39.6 Å². The van der Waals surface area contributed by atoms with Gasteiger partial charge in [-0.25, -0.2) is 9.19 Å². The van der Waals surface area contributed by atoms with Crippen molar-refractivity contribution in [2.24, 2.45) is 0 Å². The van der Waals surface area contributed by atoms with Crippen molar-refractivity contribution in [2.75, 3.05) is 0 Å². The van der Waals surface area contributed by atoms with E-state index in [-0.39, 0.29) is 0 Å². The van der Waals surface area contributed by atoms with E-state index in [0.29, 0.717) is 23.6 Å². The Hall–Kier alpha value is -2.22. The predicted molar refractivity (Wildman–Crippen MR) is 107 cm³/mol. The number of aromatic nitrogens is 2. The van der Waals surface area contributed by atoms with E-state index in [4.69, 9.17) is 11.6 Å². The average molecular weight is 406 g/mol. The second-order valence-electron chi connectivity index (χ2n) is 6.19. The molecule has 1 aromatic heterocycles. The summed E-state index contributed by atoms with van der Waals surface area (Å²) in [6.45, 7) is 4.17. The summed E-state index contributed by atoms with van der Waals surface area (Å²) in [5.41, 5.74) is 2.94. The third-order valence-electron chi connectivity index (χ3n) is 4.39. The number of benzene rings is 2. The topological polar surface area (TPSA) is 84.2 Å². The molecule has 0 aliphatic heterocycles. The highest BCUT2D eigenvalue weighted by Crippen LogP contribution is 2.22. The summed E-state index contributed by atoms with van der Waals surface area (Å²) in [5.74, 6) is 0.416. The van der Waals surface area contributed by atoms with Crippen molar-refractivity contribution in [3.05, 3.63) is 64.4 Å². The van der Waals surface area contributed by atoms with Gasteiger partial charge in [-0.05, 0) is 43.2 Å². The van der Waals surface area contributed by atoms with Gasteiger partial charge in [0.1, 0.15) is 11.2 Å². The summed E-state index contributed by atoms with van der Waals surface area (Å²) in [5, 5.41) is 2.46. The molecule has 6 nitrogen and oxygen atoms in total. The number of hydrogen-bond donors (Lipinski definition) is 2. The third-order valence-corrected chi connectivity index (χ3v) is 5.70. The Bertz CT molecular complexity index is 1020. The molecule has 2 aromatic carbocycles. The van der Waals surface area contributed by atoms with Gasteiger partial charge in [-0.1, -0.05) is 36.7 Å². The zero-order chi connectivity index (χ0) is 19.6. The molecule has 27 heavy (non-hydrogen) atoms. The largest absolute Gasteiger partial charge is 0.336 e. The fourth-order valence-electron chi connectivity index (χ4n) is 2.91. The number of amides is 1. The van der Waals surface area contributed by atoms with Crippen molar-refractivity contribution in [3.8, 4) is 0 Å². The summed E-state index contributed by atoms with van der Waals surface area (Å²) in [6, 6.07) is 12.8. The van der Waals surface area contributed by atoms with Crippen LogP contribution < -0.4 is 5.32 Å². The molecule has 142 valence electrons. The Labute approximate surface area is 164 Å². The van der Waals surface area contributed by atoms with Crippen LogP contribution >= 0.6 is 11.6 Å². The molecule has 0 aliphatic carbocycles. The Balaban J connectivity index is 1.96. The van der Waals surface area contributed by atoms with Gasteiger partial charge in [0.25, 0.3) is 5.91 Å². The van der Waals surface area contributed by atoms with E-state index in [9.17, 15) is 13.6 Å². The number of nitrogens with zero attached hydrogens (tertiary/aromatic N) is 2. The lowest BCUT2D eigenvalue weighted by atomic mass is 10.1. The number of rotatable bonds is 6. The van der Waals surface area contributed by atoms with Crippen LogP contribution in [0.2, 0.25) is 5.02 Å². The molecular weight excluding hydrogens is 386 g/mol. The van der Waals surface area contributed by atoms with E-state index in [0.717, 1.165) is 22.4 Å². The standard InChI is InChI=1S/C19H20ClN3O3S/c1-3-18(27(25)26)22-19(24)13-8-9-16-17(10-13)23(12(2)21-16)11-14-6-4-5-7-15(14)20/h4-10,18H,3,11H2,1-2H3,(H,22,24)(H,25,26). The minimum atomic E-state index is -2.12. The van der Waals surface area contributed by atoms with Crippen LogP contribution in [0.3, 0.4) is 0 Å². The zero-order valence-electron chi connectivity index (χ0n) is 15.0. The molecule has 0 fully saturated rings. The molecule has 0 aliphatic rings. The van der Waals surface area contributed by atoms with Crippen LogP contribution in [0.25, 0.3) is 11.0 Å². The molecule has 2 N–H and O–H groups in total. The number of nitrogens with one attached hydrogen (secondary N) is 1. The first-order valence-electron chi connectivity index (χ1n) is 8.51. The highest BCUT2D eigenvalue weighted by molar-refractivity contribution is 7.79. The Morgan fingerprint density at radius 2 is 2.07 bits per heavy atom. The molecule has 0 spiro atoms. The van der Waals surface area contributed by atoms with Crippen LogP contribution in [-0.2, 0) is 17.6 Å². The third kappa shape index (κ3) is 4.21. The van der Waals surface area contributed by atoms with Crippen molar-refractivity contribution < 1.29 is 13.6 Å². The maximum absolute atomic E-state index is 12.5. The van der Waals surface area contributed by atoms with Gasteiger partial charge in [0.2, 0.25) is 0 Å². The summed E-state index contributed by atoms with van der Waals surface area (Å²) >= 11 is 4.16. The van der Waals surface area contributed by atoms with Crippen molar-refractivity contribution in [2.45, 2.75) is 32.2 Å². The zero-order valence-corrected chi connectivity index (χ0v) is 16.5. The van der Waals surface area contributed by atoms with Crippen LogP contribution in [-0.4, -0.2) is 29.6 Å². The number of halogens is 1. The molecule has 3 rings (SSSR count). The van der Waals surface area contributed by atoms with Crippen molar-refractivity contribution in [1.29, 1.82) is 0 Å². The van der Waals surface area contributed by atoms with E-state index >= 15 is 0 Å². The molecule has 0 bridgehead atoms. The van der Waals surface area contributed by atoms with Crippen LogP contribution in [0.15, 0.2) is 42.5 Å². The van der Waals surface area contributed by atoms with Crippen LogP contribution in [0.4, 0.5) is 0 Å². The van der Waals surface area contributed by atoms with Gasteiger partial charge in [0, 0.05) is 10.6 Å². The number of carbonyl (C=O) groups is 1. The first-order valence-corrected chi connectivity index (χ1v) is 10.1. The highest BCUT2D eigenvalue weighted by Gasteiger charge is 2.18. The van der Waals surface area contributed by atoms with E-state index in [1.165, 1.54) is 0 Å². The molecule has 2 unspecified atom stereocenters. The smallest absolute Gasteiger partial charge is 0.252 e. The van der Waals surface area contributed by atoms with Crippen LogP contribution in [0.5, 0.6) is 0 Å². The lowest BCUT2D eigenvalue weighted by Crippen LogP contribution is -2.37. The first kappa shape index (κ1) is 19.5. The molecule has 0 saturated heterocycles. The van der Waals surface area contributed by atoms with Gasteiger partial charge in [-0.3, -0.25) is 4.79 Å². The normalized spacial score (nSPS) is 13.5. The monoisotopic (exact) mass is 405 g/mol. The van der Waals surface area contributed by atoms with Gasteiger partial charge in [0.05, 0.1) is 17.6 Å². The Morgan fingerprint density at radius 1 is 1.33 bits per heavy atom. The molecule has 8 heteroatoms. The van der Waals surface area contributed by atoms with Gasteiger partial charge in [-0.15, -0.1) is 0 Å². The van der Waals surface area contributed by atoms with Gasteiger partial charge in [0.15, 0.2) is 11.1 Å². The number of aryl methyl sites for hydroxylation is 1. The maximum Gasteiger partial charge on any atom is 0.252 e. The second-order valence-corrected chi connectivity index (χ2v) is 7.72. The van der Waals surface area contributed by atoms with E-state index in [2.05, 4.69) is 10.3 Å². The number of imidazole rings is 1. The number of carbonyl (C=O) groups excluding carboxylic acids is 1. The number of hydrogen-bond acceptors (Lipinski definition) is 3. The predicted octanol–water partition coefficient (Wildman–Crippen LogP) is 3.73. The average Bonchev–Trinajstić information content (AvgIpc) is 2.95. The SMILES string of the molecule is CCC(NC(=O)c1ccc2nc(C)n(Cc3ccccc3Cl)c2c1)S(=O)O. The summed E-state index contributed by atoms with van der Waals surface area (Å²) in [7, 11) is 0. The fraction of sp³-hybridized carbons (Fsp3) is 0.263. The lowest BCUT2D eigenvalue weighted by molar-refractivity contribution is 0.0947. The molecule has 0 saturated carbocycles. The number of fused-ring (bicyclic) bond motifs is 1. The maximum atomic E-state index is 12.5. The molecule has 2 atom stereocenters. The molecule has 1 heterocycles. The molecular formula is C19H20ClN3O3S. The minimum Gasteiger partial charge on any atom is -0.336 e. The lowest BCUT2D eigenvalue weighted by Gasteiger charge is -2.13. The van der Waals surface area contributed by atoms with Gasteiger partial charge in [-0.2, -0.15) is 0 Å². The minimum absolute atomic E-state index is 0.362. The van der Waals surface area contributed by atoms with Crippen molar-refractivity contribution in [3.63, 3.8) is 0 Å². The van der Waals surface area contributed by atoms with Gasteiger partial charge < -0.3 is 14.4 Å². The molecule has 1 amide bonds. The fourth-order valence-corrected chi connectivity index (χ4v) is 3.59. The highest BCUT2D eigenvalue weighted by atomic mass is 35.5. The first-order chi connectivity index (χ1) is 12.9. The molecule has 3 aromatic rings. The van der Waals surface area contributed by atoms with Gasteiger partial charge >= 0.3 is 0 Å². The summed E-state index contributed by atoms with van der Waals surface area (Å²) in [4.78, 5) is 17.0. The summed E-state index contributed by atoms with van der Waals surface area (Å²) in [6.07, 6.45) is 0.362. The quantitative estimate of drug-likeness (QED) is 0.612. The molecule has 0 radical (unpaired) electrons. The van der Waals surface area contributed by atoms with Crippen LogP contribution in [0, 0.1) is 6.92 Å². The van der Waals surface area contributed by atoms with E-state index < -0.39 is 22.4 Å². The Kier molecular flexibility index (Phi) is 5.94. The van der Waals surface area contributed by atoms with Crippen molar-refractivity contribution in [1.82, 2.24) is 14.9 Å².